The first kappa shape index (κ1) is 19.6. The minimum absolute atomic E-state index is 0.317. The van der Waals surface area contributed by atoms with E-state index >= 15 is 0 Å². The van der Waals surface area contributed by atoms with E-state index in [0.29, 0.717) is 32.5 Å². The van der Waals surface area contributed by atoms with Gasteiger partial charge in [0.15, 0.2) is 0 Å². The molecule has 0 rings (SSSR count). The molecule has 0 aliphatic heterocycles. The van der Waals surface area contributed by atoms with Crippen LogP contribution in [-0.4, -0.2) is 57.6 Å². The van der Waals surface area contributed by atoms with Crippen molar-refractivity contribution in [2.45, 2.75) is 33.0 Å². The quantitative estimate of drug-likeness (QED) is 0.219. The highest BCUT2D eigenvalue weighted by molar-refractivity contribution is 5.70. The van der Waals surface area contributed by atoms with Gasteiger partial charge in [0.25, 0.3) is 0 Å². The van der Waals surface area contributed by atoms with E-state index < -0.39 is 12.4 Å². The summed E-state index contributed by atoms with van der Waals surface area (Å²) in [4.78, 5) is 22.6. The molecule has 0 aromatic rings. The van der Waals surface area contributed by atoms with Crippen LogP contribution in [0.1, 0.15) is 26.7 Å². The van der Waals surface area contributed by atoms with Crippen molar-refractivity contribution in [3.8, 4) is 0 Å². The molecule has 0 unspecified atom stereocenters. The third-order valence-corrected chi connectivity index (χ3v) is 2.40. The van der Waals surface area contributed by atoms with E-state index in [4.69, 9.17) is 15.2 Å². The molecule has 0 aromatic heterocycles. The second kappa shape index (κ2) is 13.6. The molecule has 0 aliphatic rings. The average Bonchev–Trinajstić information content (AvgIpc) is 2.41. The third-order valence-electron chi connectivity index (χ3n) is 2.40. The van der Waals surface area contributed by atoms with Crippen molar-refractivity contribution in [1.82, 2.24) is 16.0 Å². The Morgan fingerprint density at radius 1 is 1.05 bits per heavy atom. The summed E-state index contributed by atoms with van der Waals surface area (Å²) in [5, 5.41) is 8.85. The predicted molar refractivity (Wildman–Crippen MR) is 79.7 cm³/mol. The number of ether oxygens (including phenoxy) is 2. The van der Waals surface area contributed by atoms with Crippen LogP contribution >= 0.6 is 0 Å². The van der Waals surface area contributed by atoms with Gasteiger partial charge in [-0.2, -0.15) is 0 Å². The summed E-state index contributed by atoms with van der Waals surface area (Å²) in [5.41, 5.74) is 5.34. The van der Waals surface area contributed by atoms with Gasteiger partial charge in [0.05, 0.1) is 0 Å². The van der Waals surface area contributed by atoms with E-state index in [0.717, 1.165) is 19.6 Å². The maximum absolute atomic E-state index is 11.4. The summed E-state index contributed by atoms with van der Waals surface area (Å²) in [6.45, 7) is 7.48. The van der Waals surface area contributed by atoms with Crippen molar-refractivity contribution in [3.05, 3.63) is 0 Å². The van der Waals surface area contributed by atoms with Crippen molar-refractivity contribution in [1.29, 1.82) is 0 Å². The molecule has 0 saturated carbocycles. The van der Waals surface area contributed by atoms with Crippen molar-refractivity contribution >= 4 is 12.1 Å². The largest absolute Gasteiger partial charge is 0.425 e. The van der Waals surface area contributed by atoms with Crippen LogP contribution in [0, 0.1) is 0 Å². The monoisotopic (exact) mass is 304 g/mol. The molecule has 1 amide bonds. The lowest BCUT2D eigenvalue weighted by atomic mass is 10.3. The molecular weight excluding hydrogens is 276 g/mol. The zero-order valence-corrected chi connectivity index (χ0v) is 12.9. The smallest absolute Gasteiger partial charge is 0.410 e. The number of alkyl carbamates (subject to hydrolysis) is 1. The molecule has 0 aromatic carbocycles. The summed E-state index contributed by atoms with van der Waals surface area (Å²) < 4.78 is 9.77. The van der Waals surface area contributed by atoms with Crippen LogP contribution in [-0.2, 0) is 14.3 Å². The number of nitrogens with two attached hydrogens (primary N) is 1. The fourth-order valence-electron chi connectivity index (χ4n) is 1.45. The van der Waals surface area contributed by atoms with Crippen molar-refractivity contribution in [3.63, 3.8) is 0 Å². The minimum Gasteiger partial charge on any atom is -0.425 e. The van der Waals surface area contributed by atoms with Gasteiger partial charge >= 0.3 is 12.1 Å². The SMILES string of the molecule is CCCC(=O)O[C@@H](C)OC(=O)NCCNCCNCCN. The van der Waals surface area contributed by atoms with Crippen molar-refractivity contribution < 1.29 is 19.1 Å². The van der Waals surface area contributed by atoms with Crippen LogP contribution in [0.25, 0.3) is 0 Å². The molecule has 1 atom stereocenters. The van der Waals surface area contributed by atoms with Crippen LogP contribution < -0.4 is 21.7 Å². The maximum atomic E-state index is 11.4. The molecule has 8 nitrogen and oxygen atoms in total. The first-order valence-electron chi connectivity index (χ1n) is 7.35. The Hall–Kier alpha value is -1.38. The van der Waals surface area contributed by atoms with Gasteiger partial charge in [0.2, 0.25) is 6.29 Å². The molecule has 0 spiro atoms. The van der Waals surface area contributed by atoms with Crippen molar-refractivity contribution in [2.24, 2.45) is 5.73 Å². The van der Waals surface area contributed by atoms with Crippen molar-refractivity contribution in [2.75, 3.05) is 39.3 Å². The fourth-order valence-corrected chi connectivity index (χ4v) is 1.45. The highest BCUT2D eigenvalue weighted by atomic mass is 16.7. The number of rotatable bonds is 12. The first-order valence-corrected chi connectivity index (χ1v) is 7.35. The Morgan fingerprint density at radius 3 is 2.29 bits per heavy atom. The zero-order chi connectivity index (χ0) is 15.9. The lowest BCUT2D eigenvalue weighted by molar-refractivity contribution is -0.164. The van der Waals surface area contributed by atoms with Gasteiger partial charge in [-0.15, -0.1) is 0 Å². The summed E-state index contributed by atoms with van der Waals surface area (Å²) in [5.74, 6) is -0.371. The molecule has 5 N–H and O–H groups in total. The van der Waals surface area contributed by atoms with E-state index in [2.05, 4.69) is 16.0 Å². The Bertz CT molecular complexity index is 289. The Balaban J connectivity index is 3.47. The standard InChI is InChI=1S/C13H28N4O4/c1-3-4-12(18)20-11(2)21-13(19)17-10-9-16-8-7-15-6-5-14/h11,15-16H,3-10,14H2,1-2H3,(H,17,19)/t11-/m1/s1. The van der Waals surface area contributed by atoms with Gasteiger partial charge in [-0.05, 0) is 6.42 Å². The van der Waals surface area contributed by atoms with E-state index in [-0.39, 0.29) is 5.97 Å². The van der Waals surface area contributed by atoms with E-state index in [1.54, 1.807) is 0 Å². The third kappa shape index (κ3) is 13.4. The topological polar surface area (TPSA) is 115 Å². The number of carbonyl (C=O) groups is 2. The van der Waals surface area contributed by atoms with Gasteiger partial charge in [-0.25, -0.2) is 4.79 Å². The Morgan fingerprint density at radius 2 is 1.67 bits per heavy atom. The maximum Gasteiger partial charge on any atom is 0.410 e. The minimum atomic E-state index is -0.877. The molecule has 21 heavy (non-hydrogen) atoms. The van der Waals surface area contributed by atoms with E-state index in [1.807, 2.05) is 6.92 Å². The van der Waals surface area contributed by atoms with Crippen LogP contribution in [0.2, 0.25) is 0 Å². The number of amides is 1. The second-order valence-corrected chi connectivity index (χ2v) is 4.43. The van der Waals surface area contributed by atoms with Gasteiger partial charge in [0, 0.05) is 52.6 Å². The highest BCUT2D eigenvalue weighted by Gasteiger charge is 2.12. The molecule has 0 aliphatic carbocycles. The summed E-state index contributed by atoms with van der Waals surface area (Å²) in [6.07, 6.45) is -0.464. The number of nitrogens with one attached hydrogen (secondary N) is 3. The van der Waals surface area contributed by atoms with E-state index in [1.165, 1.54) is 6.92 Å². The summed E-state index contributed by atoms with van der Waals surface area (Å²) in [6, 6.07) is 0. The summed E-state index contributed by atoms with van der Waals surface area (Å²) >= 11 is 0. The van der Waals surface area contributed by atoms with Gasteiger partial charge in [-0.1, -0.05) is 6.92 Å². The number of hydrogen-bond donors (Lipinski definition) is 4. The molecule has 0 bridgehead atoms. The van der Waals surface area contributed by atoms with Crippen LogP contribution in [0.3, 0.4) is 0 Å². The van der Waals surface area contributed by atoms with Crippen LogP contribution in [0.5, 0.6) is 0 Å². The lowest BCUT2D eigenvalue weighted by Gasteiger charge is -2.14. The Kier molecular flexibility index (Phi) is 12.7. The molecule has 124 valence electrons. The lowest BCUT2D eigenvalue weighted by Crippen LogP contribution is -2.37. The fraction of sp³-hybridized carbons (Fsp3) is 0.846. The number of hydrogen-bond acceptors (Lipinski definition) is 7. The molecule has 0 radical (unpaired) electrons. The molecule has 8 heteroatoms. The molecule has 0 fully saturated rings. The van der Waals surface area contributed by atoms with Crippen LogP contribution in [0.15, 0.2) is 0 Å². The molecular formula is C13H28N4O4. The van der Waals surface area contributed by atoms with Crippen LogP contribution in [0.4, 0.5) is 4.79 Å². The van der Waals surface area contributed by atoms with Gasteiger partial charge in [0.1, 0.15) is 0 Å². The number of carbonyl (C=O) groups excluding carboxylic acids is 2. The van der Waals surface area contributed by atoms with Gasteiger partial charge < -0.3 is 31.2 Å². The Labute approximate surface area is 126 Å². The van der Waals surface area contributed by atoms with E-state index in [9.17, 15) is 9.59 Å². The predicted octanol–water partition coefficient (Wildman–Crippen LogP) is -0.460. The summed E-state index contributed by atoms with van der Waals surface area (Å²) in [7, 11) is 0. The zero-order valence-electron chi connectivity index (χ0n) is 12.9. The first-order chi connectivity index (χ1) is 10.1. The average molecular weight is 304 g/mol. The number of esters is 1. The second-order valence-electron chi connectivity index (χ2n) is 4.43. The normalized spacial score (nSPS) is 11.8. The molecule has 0 saturated heterocycles. The van der Waals surface area contributed by atoms with Gasteiger partial charge in [-0.3, -0.25) is 4.79 Å². The molecule has 0 heterocycles. The highest BCUT2D eigenvalue weighted by Crippen LogP contribution is 1.99.